The average molecular weight is 855 g/mol. The molecule has 0 spiro atoms. The number of rotatable bonds is 9. The summed E-state index contributed by atoms with van der Waals surface area (Å²) in [5.74, 6) is 4.33. The van der Waals surface area contributed by atoms with Crippen LogP contribution in [0.15, 0.2) is 48.7 Å². The number of imidazole rings is 2. The van der Waals surface area contributed by atoms with E-state index in [-0.39, 0.29) is 50.3 Å². The molecule has 4 aromatic rings. The molecule has 0 radical (unpaired) electrons. The third kappa shape index (κ3) is 8.29. The minimum absolute atomic E-state index is 0.0998. The lowest BCUT2D eigenvalue weighted by molar-refractivity contribution is -0.157. The normalized spacial score (nSPS) is 25.8. The van der Waals surface area contributed by atoms with Crippen LogP contribution < -0.4 is 10.6 Å². The standard InChI is InChI=1S/C49H61F3N6O4/c1-42(2,3)36(57-40(59)45(18-19-45)47(61)22-16-44(7,50)17-23-47)38-53-29-35(56-38)32-13-10-30(11-14-32)8-9-31-12-15-33-34(28-31)55-39(54-33)37(43(4,5)6)58-41(60)46(20-21-46)48(62)24-26-49(51,52)27-25-48/h10-15,28-29,36-37,61-62H,16-27H2,1-7H3,(H,53,56)(H,54,55)(H,57,59)(H,58,60)/t36-,37-,44?,47?/m1/s1. The Morgan fingerprint density at radius 2 is 1.16 bits per heavy atom. The molecule has 13 heteroatoms. The zero-order valence-corrected chi connectivity index (χ0v) is 37.0. The van der Waals surface area contributed by atoms with Gasteiger partial charge >= 0.3 is 0 Å². The maximum absolute atomic E-state index is 14.6. The number of carbonyl (C=O) groups excluding carboxylic acids is 2. The Bertz CT molecular complexity index is 2400. The first-order chi connectivity index (χ1) is 28.9. The lowest BCUT2D eigenvalue weighted by Gasteiger charge is -2.43. The van der Waals surface area contributed by atoms with Crippen LogP contribution in [0.25, 0.3) is 22.3 Å². The highest BCUT2D eigenvalue weighted by Gasteiger charge is 2.67. The quantitative estimate of drug-likeness (QED) is 0.0923. The van der Waals surface area contributed by atoms with Crippen molar-refractivity contribution in [2.75, 3.05) is 0 Å². The van der Waals surface area contributed by atoms with Crippen molar-refractivity contribution in [3.63, 3.8) is 0 Å². The third-order valence-electron chi connectivity index (χ3n) is 14.6. The number of aromatic amines is 2. The topological polar surface area (TPSA) is 156 Å². The molecule has 0 bridgehead atoms. The lowest BCUT2D eigenvalue weighted by atomic mass is 9.69. The number of alkyl halides is 3. The summed E-state index contributed by atoms with van der Waals surface area (Å²) in [4.78, 5) is 44.1. The Kier molecular flexibility index (Phi) is 10.6. The summed E-state index contributed by atoms with van der Waals surface area (Å²) in [7, 11) is 0. The number of carbonyl (C=O) groups is 2. The van der Waals surface area contributed by atoms with Gasteiger partial charge in [-0.05, 0) is 118 Å². The number of halogens is 3. The number of benzene rings is 2. The smallest absolute Gasteiger partial charge is 0.248 e. The number of fused-ring (bicyclic) bond motifs is 1. The predicted molar refractivity (Wildman–Crippen MR) is 231 cm³/mol. The number of aromatic nitrogens is 4. The molecule has 6 N–H and O–H groups in total. The molecule has 62 heavy (non-hydrogen) atoms. The molecule has 0 unspecified atom stereocenters. The van der Waals surface area contributed by atoms with Gasteiger partial charge in [-0.15, -0.1) is 0 Å². The van der Waals surface area contributed by atoms with Crippen LogP contribution in [0.5, 0.6) is 0 Å². The third-order valence-corrected chi connectivity index (χ3v) is 14.6. The molecule has 0 aliphatic heterocycles. The van der Waals surface area contributed by atoms with Crippen molar-refractivity contribution >= 4 is 22.8 Å². The monoisotopic (exact) mass is 854 g/mol. The molecule has 4 aliphatic rings. The van der Waals surface area contributed by atoms with Crippen LogP contribution in [0.4, 0.5) is 13.2 Å². The van der Waals surface area contributed by atoms with E-state index in [1.54, 1.807) is 13.1 Å². The van der Waals surface area contributed by atoms with Crippen molar-refractivity contribution in [2.24, 2.45) is 21.7 Å². The van der Waals surface area contributed by atoms with E-state index in [0.717, 1.165) is 27.9 Å². The molecule has 2 aromatic carbocycles. The molecular formula is C49H61F3N6O4. The molecule has 8 rings (SSSR count). The second-order valence-corrected chi connectivity index (χ2v) is 21.4. The first-order valence-corrected chi connectivity index (χ1v) is 22.2. The molecule has 2 amide bonds. The highest BCUT2D eigenvalue weighted by molar-refractivity contribution is 5.88. The van der Waals surface area contributed by atoms with E-state index in [1.807, 2.05) is 84.0 Å². The van der Waals surface area contributed by atoms with Crippen LogP contribution in [0.2, 0.25) is 0 Å². The first kappa shape index (κ1) is 44.0. The van der Waals surface area contributed by atoms with Crippen LogP contribution in [0, 0.1) is 33.5 Å². The summed E-state index contributed by atoms with van der Waals surface area (Å²) in [6.45, 7) is 13.7. The van der Waals surface area contributed by atoms with Crippen LogP contribution in [-0.4, -0.2) is 64.8 Å². The summed E-state index contributed by atoms with van der Waals surface area (Å²) in [6.07, 6.45) is 3.82. The molecule has 10 nitrogen and oxygen atoms in total. The van der Waals surface area contributed by atoms with Crippen molar-refractivity contribution in [3.8, 4) is 23.1 Å². The Hall–Kier alpha value is -4.67. The summed E-state index contributed by atoms with van der Waals surface area (Å²) in [5.41, 5.74) is -2.12. The summed E-state index contributed by atoms with van der Waals surface area (Å²) in [6, 6.07) is 12.5. The van der Waals surface area contributed by atoms with Crippen LogP contribution in [-0.2, 0) is 9.59 Å². The van der Waals surface area contributed by atoms with Crippen LogP contribution in [0.1, 0.15) is 160 Å². The molecule has 2 atom stereocenters. The van der Waals surface area contributed by atoms with Gasteiger partial charge in [-0.1, -0.05) is 65.5 Å². The Balaban J connectivity index is 0.938. The van der Waals surface area contributed by atoms with Gasteiger partial charge in [0.15, 0.2) is 0 Å². The number of amides is 2. The number of hydrogen-bond donors (Lipinski definition) is 6. The molecular weight excluding hydrogens is 794 g/mol. The van der Waals surface area contributed by atoms with Gasteiger partial charge in [0.1, 0.15) is 17.3 Å². The maximum Gasteiger partial charge on any atom is 0.248 e. The molecule has 2 aromatic heterocycles. The van der Waals surface area contributed by atoms with Crippen LogP contribution >= 0.6 is 0 Å². The van der Waals surface area contributed by atoms with E-state index in [1.165, 1.54) is 0 Å². The second-order valence-electron chi connectivity index (χ2n) is 21.4. The van der Waals surface area contributed by atoms with E-state index >= 15 is 0 Å². The number of aliphatic hydroxyl groups is 2. The van der Waals surface area contributed by atoms with Gasteiger partial charge in [-0.25, -0.2) is 23.1 Å². The average Bonchev–Trinajstić information content (AvgIpc) is 4.11. The SMILES string of the molecule is CC1(F)CCC(O)(C2(C(=O)N[C@H](c3ncc(-c4ccc(C#Cc5ccc6nc([C@@H](NC(=O)C7(C8(O)CCC(F)(F)CC8)CC7)C(C)(C)C)[nH]c6c5)cc4)[nH]3)C(C)(C)C)CC2)CC1. The molecule has 332 valence electrons. The molecule has 2 heterocycles. The number of nitrogens with zero attached hydrogens (tertiary/aromatic N) is 2. The zero-order valence-electron chi connectivity index (χ0n) is 37.0. The van der Waals surface area contributed by atoms with E-state index < -0.39 is 69.4 Å². The van der Waals surface area contributed by atoms with Crippen molar-refractivity contribution in [2.45, 2.75) is 160 Å². The molecule has 4 aliphatic carbocycles. The highest BCUT2D eigenvalue weighted by Crippen LogP contribution is 2.62. The van der Waals surface area contributed by atoms with Gasteiger partial charge < -0.3 is 30.8 Å². The van der Waals surface area contributed by atoms with Crippen molar-refractivity contribution in [1.29, 1.82) is 0 Å². The minimum atomic E-state index is -2.81. The minimum Gasteiger partial charge on any atom is -0.389 e. The second kappa shape index (κ2) is 15.0. The van der Waals surface area contributed by atoms with Gasteiger partial charge in [-0.2, -0.15) is 0 Å². The Morgan fingerprint density at radius 3 is 1.68 bits per heavy atom. The number of nitrogens with one attached hydrogen (secondary N) is 4. The lowest BCUT2D eigenvalue weighted by Crippen LogP contribution is -2.53. The summed E-state index contributed by atoms with van der Waals surface area (Å²) >= 11 is 0. The Labute approximate surface area is 362 Å². The van der Waals surface area contributed by atoms with E-state index in [4.69, 9.17) is 9.97 Å². The summed E-state index contributed by atoms with van der Waals surface area (Å²) in [5, 5.41) is 29.5. The molecule has 4 fully saturated rings. The molecule has 0 saturated heterocycles. The largest absolute Gasteiger partial charge is 0.389 e. The van der Waals surface area contributed by atoms with Gasteiger partial charge in [0.2, 0.25) is 17.7 Å². The van der Waals surface area contributed by atoms with Gasteiger partial charge in [0, 0.05) is 24.0 Å². The van der Waals surface area contributed by atoms with Crippen LogP contribution in [0.3, 0.4) is 0 Å². The zero-order chi connectivity index (χ0) is 44.7. The maximum atomic E-state index is 14.6. The van der Waals surface area contributed by atoms with E-state index in [9.17, 15) is 33.0 Å². The summed E-state index contributed by atoms with van der Waals surface area (Å²) < 4.78 is 42.6. The number of hydrogen-bond acceptors (Lipinski definition) is 6. The van der Waals surface area contributed by atoms with E-state index in [2.05, 4.69) is 32.4 Å². The Morgan fingerprint density at radius 1 is 0.677 bits per heavy atom. The molecule has 4 saturated carbocycles. The predicted octanol–water partition coefficient (Wildman–Crippen LogP) is 9.29. The van der Waals surface area contributed by atoms with Gasteiger partial charge in [0.05, 0.1) is 57.0 Å². The fraction of sp³-hybridized carbons (Fsp3) is 0.592. The highest BCUT2D eigenvalue weighted by atomic mass is 19.3. The number of H-pyrrole nitrogens is 2. The fourth-order valence-electron chi connectivity index (χ4n) is 9.91. The van der Waals surface area contributed by atoms with Crippen molar-refractivity contribution < 1.29 is 33.0 Å². The van der Waals surface area contributed by atoms with Crippen molar-refractivity contribution in [1.82, 2.24) is 30.6 Å². The van der Waals surface area contributed by atoms with E-state index in [0.29, 0.717) is 42.8 Å². The van der Waals surface area contributed by atoms with Gasteiger partial charge in [-0.3, -0.25) is 9.59 Å². The van der Waals surface area contributed by atoms with Gasteiger partial charge in [0.25, 0.3) is 0 Å². The first-order valence-electron chi connectivity index (χ1n) is 22.2. The fourth-order valence-corrected chi connectivity index (χ4v) is 9.91. The van der Waals surface area contributed by atoms with Crippen molar-refractivity contribution in [3.05, 3.63) is 71.4 Å².